The lowest BCUT2D eigenvalue weighted by molar-refractivity contribution is -0.119. The molecule has 0 saturated carbocycles. The number of thiophene rings is 1. The summed E-state index contributed by atoms with van der Waals surface area (Å²) < 4.78 is 10.9. The van der Waals surface area contributed by atoms with Crippen molar-refractivity contribution in [3.05, 3.63) is 37.0 Å². The lowest BCUT2D eigenvalue weighted by atomic mass is 10.1. The number of rotatable bonds is 4. The van der Waals surface area contributed by atoms with Crippen LogP contribution in [0.5, 0.6) is 5.88 Å². The molecule has 5 rings (SSSR count). The summed E-state index contributed by atoms with van der Waals surface area (Å²) in [5.41, 5.74) is 3.44. The molecule has 0 unspecified atom stereocenters. The molecule has 4 aromatic rings. The number of nitrogens with one attached hydrogen (secondary N) is 1. The van der Waals surface area contributed by atoms with Gasteiger partial charge in [0.1, 0.15) is 11.3 Å². The number of hydrogen-bond acceptors (Lipinski definition) is 6. The Morgan fingerprint density at radius 2 is 2.25 bits per heavy atom. The summed E-state index contributed by atoms with van der Waals surface area (Å²) in [7, 11) is 3.82. The van der Waals surface area contributed by atoms with E-state index in [1.165, 1.54) is 0 Å². The Bertz CT molecular complexity index is 1250. The van der Waals surface area contributed by atoms with Gasteiger partial charge in [0.15, 0.2) is 0 Å². The fraction of sp³-hybridized carbons (Fsp3) is 0.263. The summed E-state index contributed by atoms with van der Waals surface area (Å²) in [6, 6.07) is 4.03. The van der Waals surface area contributed by atoms with Crippen molar-refractivity contribution in [2.24, 2.45) is 20.0 Å². The number of pyridine rings is 1. The highest BCUT2D eigenvalue weighted by Gasteiger charge is 2.26. The normalized spacial score (nSPS) is 16.8. The van der Waals surface area contributed by atoms with Crippen molar-refractivity contribution in [3.8, 4) is 16.5 Å². The van der Waals surface area contributed by atoms with E-state index in [2.05, 4.69) is 28.0 Å². The van der Waals surface area contributed by atoms with Crippen LogP contribution in [0.4, 0.5) is 0 Å². The van der Waals surface area contributed by atoms with Gasteiger partial charge in [-0.3, -0.25) is 9.48 Å². The Kier molecular flexibility index (Phi) is 3.73. The summed E-state index contributed by atoms with van der Waals surface area (Å²) in [4.78, 5) is 21.8. The molecule has 28 heavy (non-hydrogen) atoms. The van der Waals surface area contributed by atoms with Crippen LogP contribution in [0.25, 0.3) is 31.8 Å². The molecule has 0 bridgehead atoms. The van der Waals surface area contributed by atoms with E-state index in [-0.39, 0.29) is 11.8 Å². The predicted octanol–water partition coefficient (Wildman–Crippen LogP) is 2.61. The molecule has 0 aromatic carbocycles. The first-order valence-electron chi connectivity index (χ1n) is 8.87. The van der Waals surface area contributed by atoms with E-state index >= 15 is 0 Å². The molecule has 0 radical (unpaired) electrons. The van der Waals surface area contributed by atoms with Crippen LogP contribution in [0.1, 0.15) is 6.42 Å². The number of carbonyl (C=O) groups is 1. The number of fused-ring (bicyclic) bond motifs is 2. The van der Waals surface area contributed by atoms with Crippen molar-refractivity contribution in [2.45, 2.75) is 6.42 Å². The Balaban J connectivity index is 1.58. The molecule has 5 heterocycles. The third kappa shape index (κ3) is 2.66. The molecule has 1 amide bonds. The van der Waals surface area contributed by atoms with Gasteiger partial charge in [0.2, 0.25) is 11.8 Å². The maximum Gasteiger partial charge on any atom is 0.246 e. The molecule has 8 nitrogen and oxygen atoms in total. The summed E-state index contributed by atoms with van der Waals surface area (Å²) >= 11 is 1.63. The van der Waals surface area contributed by atoms with E-state index in [0.717, 1.165) is 31.8 Å². The molecule has 1 saturated heterocycles. The molecule has 1 atom stereocenters. The van der Waals surface area contributed by atoms with Crippen LogP contribution in [0, 0.1) is 5.92 Å². The molecular formula is C19H18N6O2S. The largest absolute Gasteiger partial charge is 0.442 e. The van der Waals surface area contributed by atoms with Crippen LogP contribution in [-0.2, 0) is 18.9 Å². The second-order valence-corrected chi connectivity index (χ2v) is 8.02. The first kappa shape index (κ1) is 16.9. The van der Waals surface area contributed by atoms with Gasteiger partial charge in [0, 0.05) is 33.0 Å². The van der Waals surface area contributed by atoms with Crippen molar-refractivity contribution in [1.29, 1.82) is 0 Å². The van der Waals surface area contributed by atoms with Gasteiger partial charge >= 0.3 is 0 Å². The van der Waals surface area contributed by atoms with Crippen molar-refractivity contribution < 1.29 is 9.53 Å². The third-order valence-corrected chi connectivity index (χ3v) is 6.09. The SMILES string of the molecule is C=C(Oc1nc(-c2cc3c(cnn3C)s2)cc2ncn(C)c12)[C@H]1CNC(=O)C1. The van der Waals surface area contributed by atoms with Crippen molar-refractivity contribution in [3.63, 3.8) is 0 Å². The maximum atomic E-state index is 11.5. The summed E-state index contributed by atoms with van der Waals surface area (Å²) in [5, 5.41) is 7.08. The second-order valence-electron chi connectivity index (χ2n) is 6.94. The van der Waals surface area contributed by atoms with Crippen molar-refractivity contribution >= 4 is 38.5 Å². The van der Waals surface area contributed by atoms with Gasteiger partial charge in [0.05, 0.1) is 38.8 Å². The van der Waals surface area contributed by atoms with Gasteiger partial charge in [0.25, 0.3) is 0 Å². The number of aryl methyl sites for hydroxylation is 2. The fourth-order valence-corrected chi connectivity index (χ4v) is 4.46. The minimum Gasteiger partial charge on any atom is -0.442 e. The number of carbonyl (C=O) groups excluding carboxylic acids is 1. The zero-order valence-electron chi connectivity index (χ0n) is 15.5. The minimum atomic E-state index is -0.0587. The van der Waals surface area contributed by atoms with E-state index in [1.54, 1.807) is 17.7 Å². The van der Waals surface area contributed by atoms with Crippen LogP contribution in [0.2, 0.25) is 0 Å². The van der Waals surface area contributed by atoms with Gasteiger partial charge in [-0.05, 0) is 12.1 Å². The molecule has 4 aromatic heterocycles. The van der Waals surface area contributed by atoms with Gasteiger partial charge in [-0.15, -0.1) is 11.3 Å². The molecule has 1 aliphatic rings. The fourth-order valence-electron chi connectivity index (χ4n) is 3.44. The highest BCUT2D eigenvalue weighted by atomic mass is 32.1. The molecular weight excluding hydrogens is 376 g/mol. The number of imidazole rings is 1. The Hall–Kier alpha value is -3.20. The number of aromatic nitrogens is 5. The Morgan fingerprint density at radius 3 is 3.00 bits per heavy atom. The number of hydrogen-bond donors (Lipinski definition) is 1. The average molecular weight is 394 g/mol. The van der Waals surface area contributed by atoms with Crippen molar-refractivity contribution in [2.75, 3.05) is 6.54 Å². The maximum absolute atomic E-state index is 11.5. The lowest BCUT2D eigenvalue weighted by Crippen LogP contribution is -2.15. The highest BCUT2D eigenvalue weighted by Crippen LogP contribution is 2.36. The standard InChI is InChI=1S/C19H18N6O2S/c1-10(11-4-17(26)20-7-11)27-19-18-13(21-9-24(18)2)5-12(23-19)15-6-14-16(28-15)8-22-25(14)3/h5-6,8-9,11H,1,4,7H2,2-3H3,(H,20,26)/t11-/m1/s1. The lowest BCUT2D eigenvalue weighted by Gasteiger charge is -2.14. The predicted molar refractivity (Wildman–Crippen MR) is 107 cm³/mol. The molecule has 1 aliphatic heterocycles. The number of nitrogens with zero attached hydrogens (tertiary/aromatic N) is 5. The first-order valence-corrected chi connectivity index (χ1v) is 9.68. The van der Waals surface area contributed by atoms with E-state index in [9.17, 15) is 4.79 Å². The summed E-state index contributed by atoms with van der Waals surface area (Å²) in [5.74, 6) is 0.941. The van der Waals surface area contributed by atoms with E-state index < -0.39 is 0 Å². The third-order valence-electron chi connectivity index (χ3n) is 5.01. The van der Waals surface area contributed by atoms with Crippen LogP contribution in [0.15, 0.2) is 37.0 Å². The van der Waals surface area contributed by atoms with Gasteiger partial charge in [-0.2, -0.15) is 5.10 Å². The zero-order valence-corrected chi connectivity index (χ0v) is 16.3. The van der Waals surface area contributed by atoms with Crippen molar-refractivity contribution in [1.82, 2.24) is 29.6 Å². The Morgan fingerprint density at radius 1 is 1.39 bits per heavy atom. The molecule has 0 spiro atoms. The topological polar surface area (TPSA) is 86.9 Å². The monoisotopic (exact) mass is 394 g/mol. The van der Waals surface area contributed by atoms with Gasteiger partial charge in [-0.1, -0.05) is 6.58 Å². The second kappa shape index (κ2) is 6.16. The molecule has 1 N–H and O–H groups in total. The van der Waals surface area contributed by atoms with E-state index in [1.807, 2.05) is 35.6 Å². The van der Waals surface area contributed by atoms with Crippen LogP contribution in [0.3, 0.4) is 0 Å². The van der Waals surface area contributed by atoms with Gasteiger partial charge < -0.3 is 14.6 Å². The number of ether oxygens (including phenoxy) is 1. The smallest absolute Gasteiger partial charge is 0.246 e. The number of amides is 1. The molecule has 142 valence electrons. The molecule has 0 aliphatic carbocycles. The zero-order chi connectivity index (χ0) is 19.4. The van der Waals surface area contributed by atoms with Crippen LogP contribution in [-0.4, -0.2) is 36.8 Å². The molecule has 1 fully saturated rings. The highest BCUT2D eigenvalue weighted by molar-refractivity contribution is 7.22. The average Bonchev–Trinajstić information content (AvgIpc) is 3.42. The first-order chi connectivity index (χ1) is 13.5. The van der Waals surface area contributed by atoms with E-state index in [0.29, 0.717) is 24.6 Å². The quantitative estimate of drug-likeness (QED) is 0.538. The van der Waals surface area contributed by atoms with Crippen LogP contribution >= 0.6 is 11.3 Å². The Labute approximate surface area is 164 Å². The summed E-state index contributed by atoms with van der Waals surface area (Å²) in [6.07, 6.45) is 3.98. The van der Waals surface area contributed by atoms with Crippen LogP contribution < -0.4 is 10.1 Å². The van der Waals surface area contributed by atoms with E-state index in [4.69, 9.17) is 9.72 Å². The minimum absolute atomic E-state index is 0.0148. The summed E-state index contributed by atoms with van der Waals surface area (Å²) in [6.45, 7) is 4.57. The molecule has 9 heteroatoms. The van der Waals surface area contributed by atoms with Gasteiger partial charge in [-0.25, -0.2) is 9.97 Å².